The van der Waals surface area contributed by atoms with Crippen molar-refractivity contribution in [1.82, 2.24) is 23.8 Å². The highest BCUT2D eigenvalue weighted by Gasteiger charge is 2.41. The van der Waals surface area contributed by atoms with E-state index in [9.17, 15) is 26.3 Å². The van der Waals surface area contributed by atoms with Crippen molar-refractivity contribution in [3.05, 3.63) is 94.4 Å². The maximum Gasteiger partial charge on any atom is 0.435 e. The summed E-state index contributed by atoms with van der Waals surface area (Å²) in [5.41, 5.74) is 3.13. The third-order valence-corrected chi connectivity index (χ3v) is 6.84. The fourth-order valence-corrected chi connectivity index (χ4v) is 5.39. The smallest absolute Gasteiger partial charge is 0.289 e. The maximum absolute atomic E-state index is 14.4. The molecule has 0 aliphatic rings. The summed E-state index contributed by atoms with van der Waals surface area (Å²) in [7, 11) is 0. The average Bonchev–Trinajstić information content (AvgIpc) is 3.38. The van der Waals surface area contributed by atoms with E-state index in [0.717, 1.165) is 27.2 Å². The highest BCUT2D eigenvalue weighted by atomic mass is 19.4. The predicted octanol–water partition coefficient (Wildman–Crippen LogP) is 7.22. The zero-order valence-electron chi connectivity index (χ0n) is 22.1. The molecule has 40 heavy (non-hydrogen) atoms. The molecule has 0 unspecified atom stereocenters. The largest absolute Gasteiger partial charge is 0.435 e. The van der Waals surface area contributed by atoms with Gasteiger partial charge < -0.3 is 0 Å². The molecule has 0 spiro atoms. The predicted molar refractivity (Wildman–Crippen MR) is 141 cm³/mol. The van der Waals surface area contributed by atoms with Crippen LogP contribution in [0, 0.1) is 20.8 Å². The molecule has 0 amide bonds. The molecule has 210 valence electrons. The lowest BCUT2D eigenvalue weighted by Gasteiger charge is -2.24. The van der Waals surface area contributed by atoms with Crippen LogP contribution in [-0.2, 0) is 19.1 Å². The normalized spacial score (nSPS) is 12.8. The molecular weight excluding hydrogens is 532 g/mol. The minimum atomic E-state index is -4.89. The summed E-state index contributed by atoms with van der Waals surface area (Å²) >= 11 is 0. The Morgan fingerprint density at radius 1 is 0.875 bits per heavy atom. The van der Waals surface area contributed by atoms with E-state index in [1.165, 1.54) is 10.6 Å². The molecule has 5 nitrogen and oxygen atoms in total. The lowest BCUT2D eigenvalue weighted by Crippen LogP contribution is -2.36. The standard InChI is InChI=1S/C29H27F6N5/c1-18-14-19(2)24(20(3)15-18)40-26-22(10-7-12-36-26)39-23(25(29(33,34)35)37-27(39)40)16-38(17-28(30,31)32)13-11-21-8-5-4-6-9-21/h4-10,12,14-15H,11,13,16-17H2,1-3H3. The van der Waals surface area contributed by atoms with Crippen LogP contribution in [0.1, 0.15) is 33.6 Å². The van der Waals surface area contributed by atoms with Gasteiger partial charge in [-0.2, -0.15) is 26.3 Å². The second-order valence-electron chi connectivity index (χ2n) is 10.0. The molecule has 11 heteroatoms. The highest BCUT2D eigenvalue weighted by molar-refractivity contribution is 5.81. The average molecular weight is 560 g/mol. The zero-order valence-corrected chi connectivity index (χ0v) is 22.1. The van der Waals surface area contributed by atoms with Gasteiger partial charge in [0.1, 0.15) is 0 Å². The second-order valence-corrected chi connectivity index (χ2v) is 10.0. The Kier molecular flexibility index (Phi) is 7.11. The zero-order chi connectivity index (χ0) is 28.8. The Labute approximate surface area is 226 Å². The Morgan fingerprint density at radius 3 is 2.17 bits per heavy atom. The number of halogens is 6. The van der Waals surface area contributed by atoms with Gasteiger partial charge in [-0.25, -0.2) is 9.97 Å². The SMILES string of the molecule is Cc1cc(C)c(-n2c3ncccc3n3c(CN(CCc4ccccc4)CC(F)(F)F)c(C(F)(F)F)nc23)c(C)c1. The van der Waals surface area contributed by atoms with Gasteiger partial charge >= 0.3 is 12.4 Å². The molecular formula is C29H27F6N5. The molecule has 0 saturated carbocycles. The van der Waals surface area contributed by atoms with Crippen LogP contribution in [-0.4, -0.2) is 43.1 Å². The first-order valence-corrected chi connectivity index (χ1v) is 12.7. The molecule has 5 rings (SSSR count). The summed E-state index contributed by atoms with van der Waals surface area (Å²) in [5.74, 6) is -0.0545. The van der Waals surface area contributed by atoms with E-state index in [-0.39, 0.29) is 24.4 Å². The first kappa shape index (κ1) is 27.7. The summed E-state index contributed by atoms with van der Waals surface area (Å²) in [6.07, 6.45) is -7.73. The van der Waals surface area contributed by atoms with E-state index in [2.05, 4.69) is 9.97 Å². The molecule has 2 aromatic carbocycles. The molecule has 0 aliphatic heterocycles. The number of rotatable bonds is 7. The minimum absolute atomic E-state index is 0.0545. The van der Waals surface area contributed by atoms with Gasteiger partial charge in [0, 0.05) is 19.3 Å². The quantitative estimate of drug-likeness (QED) is 0.198. The van der Waals surface area contributed by atoms with Gasteiger partial charge in [-0.1, -0.05) is 48.0 Å². The van der Waals surface area contributed by atoms with Gasteiger partial charge in [0.05, 0.1) is 23.4 Å². The van der Waals surface area contributed by atoms with Gasteiger partial charge in [0.25, 0.3) is 0 Å². The lowest BCUT2D eigenvalue weighted by atomic mass is 10.1. The summed E-state index contributed by atoms with van der Waals surface area (Å²) in [6, 6.07) is 15.9. The van der Waals surface area contributed by atoms with Gasteiger partial charge in [-0.05, 0) is 56.0 Å². The van der Waals surface area contributed by atoms with Crippen molar-refractivity contribution in [2.24, 2.45) is 0 Å². The van der Waals surface area contributed by atoms with E-state index in [1.807, 2.05) is 32.9 Å². The van der Waals surface area contributed by atoms with Crippen LogP contribution in [0.5, 0.6) is 0 Å². The van der Waals surface area contributed by atoms with Crippen LogP contribution < -0.4 is 0 Å². The fourth-order valence-electron chi connectivity index (χ4n) is 5.39. The van der Waals surface area contributed by atoms with E-state index in [1.54, 1.807) is 47.0 Å². The number of pyridine rings is 1. The Balaban J connectivity index is 1.71. The minimum Gasteiger partial charge on any atom is -0.289 e. The van der Waals surface area contributed by atoms with Gasteiger partial charge in [-0.15, -0.1) is 0 Å². The van der Waals surface area contributed by atoms with Crippen LogP contribution in [0.2, 0.25) is 0 Å². The van der Waals surface area contributed by atoms with E-state index < -0.39 is 31.1 Å². The van der Waals surface area contributed by atoms with Crippen molar-refractivity contribution < 1.29 is 26.3 Å². The molecule has 0 N–H and O–H groups in total. The van der Waals surface area contributed by atoms with Crippen molar-refractivity contribution in [3.63, 3.8) is 0 Å². The molecule has 0 aliphatic carbocycles. The van der Waals surface area contributed by atoms with Gasteiger partial charge in [-0.3, -0.25) is 13.9 Å². The summed E-state index contributed by atoms with van der Waals surface area (Å²) in [6.45, 7) is 3.56. The molecule has 0 bridgehead atoms. The van der Waals surface area contributed by atoms with E-state index >= 15 is 0 Å². The summed E-state index contributed by atoms with van der Waals surface area (Å²) < 4.78 is 86.9. The van der Waals surface area contributed by atoms with Crippen molar-refractivity contribution in [2.75, 3.05) is 13.1 Å². The second kappa shape index (κ2) is 10.3. The summed E-state index contributed by atoms with van der Waals surface area (Å²) in [5, 5.41) is 0. The van der Waals surface area contributed by atoms with Crippen molar-refractivity contribution in [3.8, 4) is 5.69 Å². The molecule has 0 saturated heterocycles. The van der Waals surface area contributed by atoms with E-state index in [0.29, 0.717) is 16.9 Å². The van der Waals surface area contributed by atoms with Crippen molar-refractivity contribution >= 4 is 16.9 Å². The third kappa shape index (κ3) is 5.42. The number of alkyl halides is 6. The third-order valence-electron chi connectivity index (χ3n) is 6.84. The number of nitrogens with zero attached hydrogens (tertiary/aromatic N) is 5. The maximum atomic E-state index is 14.4. The first-order chi connectivity index (χ1) is 18.8. The van der Waals surface area contributed by atoms with E-state index in [4.69, 9.17) is 0 Å². The Morgan fingerprint density at radius 2 is 1.55 bits per heavy atom. The highest BCUT2D eigenvalue weighted by Crippen LogP contribution is 2.37. The molecule has 0 radical (unpaired) electrons. The molecule has 0 fully saturated rings. The number of hydrogen-bond donors (Lipinski definition) is 0. The Bertz CT molecular complexity index is 1640. The van der Waals surface area contributed by atoms with Crippen molar-refractivity contribution in [2.45, 2.75) is 46.1 Å². The number of benzene rings is 2. The van der Waals surface area contributed by atoms with Crippen LogP contribution in [0.25, 0.3) is 22.6 Å². The molecule has 3 aromatic heterocycles. The fraction of sp³-hybridized carbons (Fsp3) is 0.310. The number of aryl methyl sites for hydroxylation is 3. The number of hydrogen-bond acceptors (Lipinski definition) is 3. The number of fused-ring (bicyclic) bond motifs is 3. The van der Waals surface area contributed by atoms with Crippen LogP contribution in [0.4, 0.5) is 26.3 Å². The first-order valence-electron chi connectivity index (χ1n) is 12.7. The van der Waals surface area contributed by atoms with Crippen LogP contribution in [0.3, 0.4) is 0 Å². The lowest BCUT2D eigenvalue weighted by molar-refractivity contribution is -0.148. The topological polar surface area (TPSA) is 38.4 Å². The van der Waals surface area contributed by atoms with Crippen molar-refractivity contribution in [1.29, 1.82) is 0 Å². The monoisotopic (exact) mass is 559 g/mol. The van der Waals surface area contributed by atoms with Crippen LogP contribution in [0.15, 0.2) is 60.8 Å². The summed E-state index contributed by atoms with van der Waals surface area (Å²) in [4.78, 5) is 9.46. The van der Waals surface area contributed by atoms with Crippen LogP contribution >= 0.6 is 0 Å². The number of imidazole rings is 2. The van der Waals surface area contributed by atoms with Gasteiger partial charge in [0.15, 0.2) is 11.3 Å². The number of aromatic nitrogens is 4. The Hall–Kier alpha value is -3.86. The molecule has 0 atom stereocenters. The molecule has 5 aromatic rings. The van der Waals surface area contributed by atoms with Gasteiger partial charge in [0.2, 0.25) is 5.78 Å². The molecule has 3 heterocycles.